The predicted molar refractivity (Wildman–Crippen MR) is 87.1 cm³/mol. The quantitative estimate of drug-likeness (QED) is 0.455. The maximum atomic E-state index is 12.9. The molecule has 1 aromatic carbocycles. The highest BCUT2D eigenvalue weighted by atomic mass is 127. The van der Waals surface area contributed by atoms with Gasteiger partial charge in [0.05, 0.1) is 29.7 Å². The molecule has 4 rings (SSSR count). The maximum absolute atomic E-state index is 12.9. The first-order chi connectivity index (χ1) is 10.4. The lowest BCUT2D eigenvalue weighted by atomic mass is 9.73. The molecule has 0 unspecified atom stereocenters. The first kappa shape index (κ1) is 14.3. The molecule has 3 heterocycles. The van der Waals surface area contributed by atoms with E-state index in [4.69, 9.17) is 4.74 Å². The van der Waals surface area contributed by atoms with Gasteiger partial charge in [0, 0.05) is 3.57 Å². The van der Waals surface area contributed by atoms with Crippen LogP contribution in [0.5, 0.6) is 0 Å². The predicted octanol–water partition coefficient (Wildman–Crippen LogP) is 1.49. The van der Waals surface area contributed by atoms with Crippen LogP contribution in [-0.4, -0.2) is 34.7 Å². The van der Waals surface area contributed by atoms with Crippen LogP contribution in [0.25, 0.3) is 0 Å². The number of carbonyl (C=O) groups is 2. The summed E-state index contributed by atoms with van der Waals surface area (Å²) in [5.41, 5.74) is -1.32. The Hall–Kier alpha value is -1.25. The topological polar surface area (TPSA) is 66.8 Å². The molecule has 114 valence electrons. The third kappa shape index (κ3) is 1.60. The Kier molecular flexibility index (Phi) is 2.87. The second-order valence-corrected chi connectivity index (χ2v) is 7.42. The van der Waals surface area contributed by atoms with Crippen LogP contribution in [0.3, 0.4) is 0 Å². The average Bonchev–Trinajstić information content (AvgIpc) is 3.07. The number of nitrogens with zero attached hydrogens (tertiary/aromatic N) is 1. The van der Waals surface area contributed by atoms with E-state index < -0.39 is 23.0 Å². The van der Waals surface area contributed by atoms with Gasteiger partial charge < -0.3 is 9.84 Å². The number of amides is 2. The van der Waals surface area contributed by atoms with Gasteiger partial charge in [-0.15, -0.1) is 0 Å². The van der Waals surface area contributed by atoms with Crippen LogP contribution in [0.4, 0.5) is 5.69 Å². The molecule has 22 heavy (non-hydrogen) atoms. The normalized spacial score (nSPS) is 39.0. The highest BCUT2D eigenvalue weighted by molar-refractivity contribution is 14.1. The molecule has 2 amide bonds. The molecule has 3 aliphatic rings. The van der Waals surface area contributed by atoms with E-state index in [1.165, 1.54) is 4.90 Å². The zero-order chi connectivity index (χ0) is 15.7. The molecule has 6 heteroatoms. The summed E-state index contributed by atoms with van der Waals surface area (Å²) in [6, 6.07) is 7.25. The number of halogens is 1. The van der Waals surface area contributed by atoms with Crippen molar-refractivity contribution >= 4 is 40.1 Å². The fourth-order valence-corrected chi connectivity index (χ4v) is 4.25. The molecule has 0 aliphatic carbocycles. The number of imide groups is 1. The summed E-state index contributed by atoms with van der Waals surface area (Å²) in [6.07, 6.45) is 3.53. The van der Waals surface area contributed by atoms with E-state index in [0.717, 1.165) is 3.57 Å². The fraction of sp³-hybridized carbons (Fsp3) is 0.375. The number of fused-ring (bicyclic) bond motifs is 5. The molecule has 1 aromatic rings. The zero-order valence-electron chi connectivity index (χ0n) is 11.8. The molecule has 5 nitrogen and oxygen atoms in total. The van der Waals surface area contributed by atoms with Crippen LogP contribution in [0.2, 0.25) is 0 Å². The largest absolute Gasteiger partial charge is 0.393 e. The van der Waals surface area contributed by atoms with Crippen molar-refractivity contribution in [2.24, 2.45) is 11.8 Å². The van der Waals surface area contributed by atoms with Crippen LogP contribution >= 0.6 is 22.6 Å². The lowest BCUT2D eigenvalue weighted by Gasteiger charge is -2.26. The van der Waals surface area contributed by atoms with Crippen molar-refractivity contribution in [3.63, 3.8) is 0 Å². The van der Waals surface area contributed by atoms with Gasteiger partial charge in [-0.1, -0.05) is 12.2 Å². The Morgan fingerprint density at radius 3 is 2.45 bits per heavy atom. The number of ether oxygens (including phenoxy) is 1. The standard InChI is InChI=1S/C16H14INO4/c1-15-6-7-16(8-19,22-15)12-11(15)13(20)18(14(12)21)10-4-2-9(17)3-5-10/h2-7,11-12,19H,8H2,1H3/t11-,12+,15+,16+/m1/s1. The Labute approximate surface area is 141 Å². The molecule has 3 aliphatic heterocycles. The van der Waals surface area contributed by atoms with Gasteiger partial charge in [0.1, 0.15) is 5.60 Å². The van der Waals surface area contributed by atoms with E-state index >= 15 is 0 Å². The molecule has 2 fully saturated rings. The number of hydrogen-bond acceptors (Lipinski definition) is 4. The molecule has 0 saturated carbocycles. The van der Waals surface area contributed by atoms with Gasteiger partial charge in [0.2, 0.25) is 11.8 Å². The number of hydrogen-bond donors (Lipinski definition) is 1. The third-order valence-corrected chi connectivity index (χ3v) is 5.61. The van der Waals surface area contributed by atoms with Crippen molar-refractivity contribution < 1.29 is 19.4 Å². The monoisotopic (exact) mass is 411 g/mol. The zero-order valence-corrected chi connectivity index (χ0v) is 14.0. The second-order valence-electron chi connectivity index (χ2n) is 6.18. The Bertz CT molecular complexity index is 715. The SMILES string of the molecule is C[C@@]12C=C[C@@](CO)(O1)[C@@H]1C(=O)N(c3ccc(I)cc3)C(=O)[C@@H]12. The highest BCUT2D eigenvalue weighted by Gasteiger charge is 2.72. The molecular weight excluding hydrogens is 397 g/mol. The van der Waals surface area contributed by atoms with Gasteiger partial charge in [0.25, 0.3) is 0 Å². The molecule has 2 saturated heterocycles. The van der Waals surface area contributed by atoms with E-state index in [0.29, 0.717) is 5.69 Å². The van der Waals surface area contributed by atoms with E-state index in [2.05, 4.69) is 22.6 Å². The van der Waals surface area contributed by atoms with Crippen LogP contribution in [-0.2, 0) is 14.3 Å². The Morgan fingerprint density at radius 1 is 1.18 bits per heavy atom. The summed E-state index contributed by atoms with van der Waals surface area (Å²) in [5, 5.41) is 9.74. The van der Waals surface area contributed by atoms with Crippen molar-refractivity contribution in [1.29, 1.82) is 0 Å². The maximum Gasteiger partial charge on any atom is 0.241 e. The van der Waals surface area contributed by atoms with Crippen LogP contribution < -0.4 is 4.90 Å². The molecular formula is C16H14INO4. The van der Waals surface area contributed by atoms with Gasteiger partial charge >= 0.3 is 0 Å². The van der Waals surface area contributed by atoms with Crippen LogP contribution in [0.1, 0.15) is 6.92 Å². The van der Waals surface area contributed by atoms with Crippen molar-refractivity contribution in [2.75, 3.05) is 11.5 Å². The second kappa shape index (κ2) is 4.39. The molecule has 0 spiro atoms. The Balaban J connectivity index is 1.80. The molecule has 0 aromatic heterocycles. The van der Waals surface area contributed by atoms with E-state index in [9.17, 15) is 14.7 Å². The summed E-state index contributed by atoms with van der Waals surface area (Å²) >= 11 is 2.17. The number of carbonyl (C=O) groups excluding carboxylic acids is 2. The van der Waals surface area contributed by atoms with Crippen LogP contribution in [0.15, 0.2) is 36.4 Å². The highest BCUT2D eigenvalue weighted by Crippen LogP contribution is 2.57. The van der Waals surface area contributed by atoms with Gasteiger partial charge in [-0.25, -0.2) is 4.90 Å². The van der Waals surface area contributed by atoms with Gasteiger partial charge in [0.15, 0.2) is 0 Å². The summed E-state index contributed by atoms with van der Waals surface area (Å²) < 4.78 is 6.91. The van der Waals surface area contributed by atoms with Crippen molar-refractivity contribution in [2.45, 2.75) is 18.1 Å². The van der Waals surface area contributed by atoms with Gasteiger partial charge in [-0.2, -0.15) is 0 Å². The number of aliphatic hydroxyl groups excluding tert-OH is 1. The van der Waals surface area contributed by atoms with E-state index in [-0.39, 0.29) is 18.4 Å². The lowest BCUT2D eigenvalue weighted by Crippen LogP contribution is -2.43. The number of benzene rings is 1. The first-order valence-electron chi connectivity index (χ1n) is 7.07. The van der Waals surface area contributed by atoms with Gasteiger partial charge in [-0.3, -0.25) is 9.59 Å². The van der Waals surface area contributed by atoms with Crippen molar-refractivity contribution in [3.8, 4) is 0 Å². The third-order valence-electron chi connectivity index (χ3n) is 4.89. The van der Waals surface area contributed by atoms with E-state index in [1.54, 1.807) is 31.2 Å². The number of rotatable bonds is 2. The smallest absolute Gasteiger partial charge is 0.241 e. The van der Waals surface area contributed by atoms with Gasteiger partial charge in [-0.05, 0) is 53.8 Å². The minimum absolute atomic E-state index is 0.251. The van der Waals surface area contributed by atoms with E-state index in [1.807, 2.05) is 12.1 Å². The number of anilines is 1. The lowest BCUT2D eigenvalue weighted by molar-refractivity contribution is -0.131. The first-order valence-corrected chi connectivity index (χ1v) is 8.14. The van der Waals surface area contributed by atoms with Crippen molar-refractivity contribution in [3.05, 3.63) is 40.0 Å². The number of aliphatic hydroxyl groups is 1. The summed E-state index contributed by atoms with van der Waals surface area (Å²) in [5.74, 6) is -1.77. The summed E-state index contributed by atoms with van der Waals surface area (Å²) in [7, 11) is 0. The Morgan fingerprint density at radius 2 is 1.82 bits per heavy atom. The summed E-state index contributed by atoms with van der Waals surface area (Å²) in [4.78, 5) is 26.9. The average molecular weight is 411 g/mol. The molecule has 4 atom stereocenters. The minimum Gasteiger partial charge on any atom is -0.393 e. The molecule has 1 N–H and O–H groups in total. The fourth-order valence-electron chi connectivity index (χ4n) is 3.89. The minimum atomic E-state index is -1.07. The van der Waals surface area contributed by atoms with Crippen LogP contribution in [0, 0.1) is 15.4 Å². The summed E-state index contributed by atoms with van der Waals surface area (Å²) in [6.45, 7) is 1.49. The molecule has 0 radical (unpaired) electrons. The molecule has 2 bridgehead atoms. The van der Waals surface area contributed by atoms with Crippen molar-refractivity contribution in [1.82, 2.24) is 0 Å².